The van der Waals surface area contributed by atoms with E-state index in [4.69, 9.17) is 19.3 Å². The second-order valence-electron chi connectivity index (χ2n) is 12.9. The van der Waals surface area contributed by atoms with E-state index in [9.17, 15) is 19.6 Å². The van der Waals surface area contributed by atoms with Crippen molar-refractivity contribution in [3.05, 3.63) is 24.5 Å². The molecule has 0 heterocycles. The molecule has 278 valence electrons. The van der Waals surface area contributed by atoms with Crippen LogP contribution in [0.2, 0.25) is 0 Å². The maximum absolute atomic E-state index is 12.2. The van der Waals surface area contributed by atoms with Crippen molar-refractivity contribution in [2.75, 3.05) is 13.2 Å². The van der Waals surface area contributed by atoms with Gasteiger partial charge in [-0.25, -0.2) is 4.57 Å². The third kappa shape index (κ3) is 34.4. The molecule has 10 heteroatoms. The average molecular weight is 691 g/mol. The lowest BCUT2D eigenvalue weighted by Gasteiger charge is -2.17. The third-order valence-electron chi connectivity index (χ3n) is 8.29. The minimum Gasteiger partial charge on any atom is -0.492 e. The summed E-state index contributed by atoms with van der Waals surface area (Å²) in [4.78, 5) is 30.3. The fraction of sp³-hybridized carbons (Fsp3) is 0.865. The zero-order valence-corrected chi connectivity index (χ0v) is 30.8. The molecule has 0 radical (unpaired) electrons. The average Bonchev–Trinajstić information content (AvgIpc) is 3.04. The van der Waals surface area contributed by atoms with E-state index in [1.165, 1.54) is 83.3 Å². The quantitative estimate of drug-likeness (QED) is 0.0168. The van der Waals surface area contributed by atoms with Gasteiger partial charge in [0.05, 0.1) is 25.1 Å². The Kier molecular flexibility index (Phi) is 32.4. The summed E-state index contributed by atoms with van der Waals surface area (Å²) in [7, 11) is -4.67. The van der Waals surface area contributed by atoms with Crippen LogP contribution in [0.15, 0.2) is 24.5 Å². The summed E-state index contributed by atoms with van der Waals surface area (Å²) < 4.78 is 26.6. The molecule has 0 amide bonds. The molecule has 47 heavy (non-hydrogen) atoms. The summed E-state index contributed by atoms with van der Waals surface area (Å²) in [6.07, 6.45) is 31.4. The Morgan fingerprint density at radius 2 is 1.15 bits per heavy atom. The Balaban J connectivity index is 4.01. The van der Waals surface area contributed by atoms with Crippen molar-refractivity contribution in [1.29, 1.82) is 0 Å². The van der Waals surface area contributed by atoms with E-state index < -0.39 is 38.7 Å². The standard InChI is InChI=1S/C37H71O9P/c1-3-5-7-9-11-12-13-14-15-16-17-18-23-27-31-44-34(33-46-47(41,42)43)32-45-37(40)30-26-22-19-21-25-29-36(39)35(38)28-24-20-10-8-6-4-2/h20,24,27,31,34-36,38-39H,3-19,21-23,25-26,28-30,32-33H2,1-2H3,(H2,41,42,43)/b24-20-,31-27+/t34-,35-,36-/m1/s1. The number of hydrogen-bond acceptors (Lipinski definition) is 7. The van der Waals surface area contributed by atoms with E-state index in [1.54, 1.807) is 0 Å². The SMILES string of the molecule is CCCCC/C=C\C[C@@H](O)[C@H](O)CCCCCCCC(=O)OC[C@H](COP(=O)(O)O)O/C=C/CCCCCCCCCCCCCC. The number of aliphatic hydroxyl groups is 2. The number of allylic oxidation sites excluding steroid dienone is 2. The van der Waals surface area contributed by atoms with E-state index in [0.717, 1.165) is 57.8 Å². The number of phosphoric acid groups is 1. The Hall–Kier alpha value is -1.22. The van der Waals surface area contributed by atoms with E-state index in [1.807, 2.05) is 12.2 Å². The van der Waals surface area contributed by atoms with Crippen LogP contribution < -0.4 is 0 Å². The van der Waals surface area contributed by atoms with Crippen molar-refractivity contribution in [1.82, 2.24) is 0 Å². The second kappa shape index (κ2) is 33.3. The molecule has 0 aromatic rings. The van der Waals surface area contributed by atoms with Gasteiger partial charge in [-0.1, -0.05) is 135 Å². The summed E-state index contributed by atoms with van der Waals surface area (Å²) in [6, 6.07) is 0. The Morgan fingerprint density at radius 3 is 1.77 bits per heavy atom. The van der Waals surface area contributed by atoms with Gasteiger partial charge in [-0.15, -0.1) is 0 Å². The molecular weight excluding hydrogens is 619 g/mol. The summed E-state index contributed by atoms with van der Waals surface area (Å²) in [5.41, 5.74) is 0. The van der Waals surface area contributed by atoms with Gasteiger partial charge in [0.15, 0.2) is 6.10 Å². The fourth-order valence-corrected chi connectivity index (χ4v) is 5.63. The molecule has 0 aliphatic carbocycles. The van der Waals surface area contributed by atoms with Crippen LogP contribution in [0.1, 0.15) is 174 Å². The van der Waals surface area contributed by atoms with Gasteiger partial charge in [0.25, 0.3) is 0 Å². The molecule has 4 N–H and O–H groups in total. The van der Waals surface area contributed by atoms with Crippen molar-refractivity contribution in [3.8, 4) is 0 Å². The topological polar surface area (TPSA) is 143 Å². The molecule has 0 aromatic heterocycles. The largest absolute Gasteiger partial charge is 0.492 e. The number of unbranched alkanes of at least 4 members (excludes halogenated alkanes) is 19. The molecule has 0 spiro atoms. The predicted molar refractivity (Wildman–Crippen MR) is 191 cm³/mol. The van der Waals surface area contributed by atoms with Crippen LogP contribution in [-0.2, 0) is 23.4 Å². The maximum atomic E-state index is 12.2. The van der Waals surface area contributed by atoms with Crippen molar-refractivity contribution in [2.45, 2.75) is 193 Å². The minimum absolute atomic E-state index is 0.157. The van der Waals surface area contributed by atoms with Gasteiger partial charge >= 0.3 is 13.8 Å². The highest BCUT2D eigenvalue weighted by Crippen LogP contribution is 2.35. The normalized spacial score (nSPS) is 14.2. The number of aliphatic hydroxyl groups excluding tert-OH is 2. The lowest BCUT2D eigenvalue weighted by Crippen LogP contribution is -2.25. The van der Waals surface area contributed by atoms with Crippen LogP contribution in [-0.4, -0.2) is 57.5 Å². The van der Waals surface area contributed by atoms with Crippen LogP contribution in [0.5, 0.6) is 0 Å². The first-order chi connectivity index (χ1) is 22.7. The number of ether oxygens (including phenoxy) is 2. The van der Waals surface area contributed by atoms with Gasteiger partial charge in [0, 0.05) is 6.42 Å². The monoisotopic (exact) mass is 690 g/mol. The van der Waals surface area contributed by atoms with Crippen LogP contribution in [0.4, 0.5) is 0 Å². The highest BCUT2D eigenvalue weighted by molar-refractivity contribution is 7.46. The fourth-order valence-electron chi connectivity index (χ4n) is 5.27. The smallest absolute Gasteiger partial charge is 0.469 e. The number of hydrogen-bond donors (Lipinski definition) is 4. The number of phosphoric ester groups is 1. The van der Waals surface area contributed by atoms with Gasteiger partial charge in [0.2, 0.25) is 0 Å². The van der Waals surface area contributed by atoms with Crippen LogP contribution in [0, 0.1) is 0 Å². The van der Waals surface area contributed by atoms with E-state index in [0.29, 0.717) is 19.3 Å². The maximum Gasteiger partial charge on any atom is 0.469 e. The number of esters is 1. The summed E-state index contributed by atoms with van der Waals surface area (Å²) >= 11 is 0. The molecule has 3 atom stereocenters. The number of rotatable bonds is 35. The molecule has 0 saturated carbocycles. The summed E-state index contributed by atoms with van der Waals surface area (Å²) in [5, 5.41) is 20.3. The molecule has 0 rings (SSSR count). The molecule has 0 aliphatic heterocycles. The van der Waals surface area contributed by atoms with Crippen molar-refractivity contribution < 1.29 is 43.4 Å². The van der Waals surface area contributed by atoms with Crippen LogP contribution >= 0.6 is 7.82 Å². The molecule has 0 saturated heterocycles. The van der Waals surface area contributed by atoms with E-state index in [2.05, 4.69) is 24.4 Å². The molecule has 0 fully saturated rings. The highest BCUT2D eigenvalue weighted by Gasteiger charge is 2.20. The van der Waals surface area contributed by atoms with E-state index >= 15 is 0 Å². The highest BCUT2D eigenvalue weighted by atomic mass is 31.2. The number of carbonyl (C=O) groups excluding carboxylic acids is 1. The van der Waals surface area contributed by atoms with E-state index in [-0.39, 0.29) is 13.0 Å². The van der Waals surface area contributed by atoms with Gasteiger partial charge in [-0.2, -0.15) is 0 Å². The predicted octanol–water partition coefficient (Wildman–Crippen LogP) is 9.61. The first-order valence-corrected chi connectivity index (χ1v) is 20.4. The zero-order valence-electron chi connectivity index (χ0n) is 29.9. The molecule has 0 unspecified atom stereocenters. The molecule has 0 bridgehead atoms. The lowest BCUT2D eigenvalue weighted by atomic mass is 10.0. The Labute approximate surface area is 287 Å². The first-order valence-electron chi connectivity index (χ1n) is 18.9. The summed E-state index contributed by atoms with van der Waals surface area (Å²) in [5.74, 6) is -0.392. The van der Waals surface area contributed by atoms with Gasteiger partial charge in [-0.3, -0.25) is 9.32 Å². The Bertz CT molecular complexity index is 799. The molecule has 0 aromatic carbocycles. The summed E-state index contributed by atoms with van der Waals surface area (Å²) in [6.45, 7) is 3.87. The Morgan fingerprint density at radius 1 is 0.638 bits per heavy atom. The van der Waals surface area contributed by atoms with Gasteiger partial charge in [0.1, 0.15) is 6.61 Å². The van der Waals surface area contributed by atoms with Crippen LogP contribution in [0.25, 0.3) is 0 Å². The van der Waals surface area contributed by atoms with Gasteiger partial charge < -0.3 is 29.5 Å². The van der Waals surface area contributed by atoms with Crippen molar-refractivity contribution in [2.24, 2.45) is 0 Å². The molecule has 9 nitrogen and oxygen atoms in total. The third-order valence-corrected chi connectivity index (χ3v) is 8.78. The number of carbonyl (C=O) groups is 1. The molecular formula is C37H71O9P. The van der Waals surface area contributed by atoms with Crippen molar-refractivity contribution in [3.63, 3.8) is 0 Å². The van der Waals surface area contributed by atoms with Gasteiger partial charge in [-0.05, 0) is 51.0 Å². The lowest BCUT2D eigenvalue weighted by molar-refractivity contribution is -0.147. The zero-order chi connectivity index (χ0) is 34.9. The van der Waals surface area contributed by atoms with Crippen molar-refractivity contribution >= 4 is 13.8 Å². The first kappa shape index (κ1) is 45.8. The van der Waals surface area contributed by atoms with Crippen LogP contribution in [0.3, 0.4) is 0 Å². The molecule has 0 aliphatic rings. The minimum atomic E-state index is -4.67. The second-order valence-corrected chi connectivity index (χ2v) is 14.2.